The number of rotatable bonds is 7. The van der Waals surface area contributed by atoms with Crippen LogP contribution in [0.3, 0.4) is 0 Å². The van der Waals surface area contributed by atoms with E-state index >= 15 is 0 Å². The summed E-state index contributed by atoms with van der Waals surface area (Å²) in [6.45, 7) is 6.82. The average molecular weight is 434 g/mol. The Morgan fingerprint density at radius 3 is 2.50 bits per heavy atom. The van der Waals surface area contributed by atoms with E-state index in [1.54, 1.807) is 0 Å². The van der Waals surface area contributed by atoms with Crippen molar-refractivity contribution in [2.75, 3.05) is 48.4 Å². The SMILES string of the molecule is Cc1nc(Nc2ccc(NC(=O)COc3ccccc3C)cc2)cc(N2CCOCC2)n1. The molecule has 0 atom stereocenters. The normalized spacial score (nSPS) is 13.5. The molecule has 0 radical (unpaired) electrons. The fourth-order valence-electron chi connectivity index (χ4n) is 3.41. The van der Waals surface area contributed by atoms with Gasteiger partial charge in [0.15, 0.2) is 6.61 Å². The van der Waals surface area contributed by atoms with Gasteiger partial charge in [0.2, 0.25) is 0 Å². The highest BCUT2D eigenvalue weighted by molar-refractivity contribution is 5.92. The number of benzene rings is 2. The molecule has 0 aliphatic carbocycles. The van der Waals surface area contributed by atoms with Crippen LogP contribution in [0.5, 0.6) is 5.75 Å². The van der Waals surface area contributed by atoms with E-state index in [2.05, 4.69) is 25.5 Å². The summed E-state index contributed by atoms with van der Waals surface area (Å²) in [5, 5.41) is 6.16. The summed E-state index contributed by atoms with van der Waals surface area (Å²) >= 11 is 0. The second kappa shape index (κ2) is 10.1. The zero-order valence-electron chi connectivity index (χ0n) is 18.3. The Hall–Kier alpha value is -3.65. The van der Waals surface area contributed by atoms with Crippen LogP contribution in [0.15, 0.2) is 54.6 Å². The smallest absolute Gasteiger partial charge is 0.262 e. The summed E-state index contributed by atoms with van der Waals surface area (Å²) in [5.74, 6) is 2.81. The van der Waals surface area contributed by atoms with Gasteiger partial charge in [-0.2, -0.15) is 0 Å². The molecule has 166 valence electrons. The number of carbonyl (C=O) groups excluding carboxylic acids is 1. The van der Waals surface area contributed by atoms with Crippen LogP contribution in [-0.4, -0.2) is 48.8 Å². The van der Waals surface area contributed by atoms with Crippen molar-refractivity contribution in [1.29, 1.82) is 0 Å². The van der Waals surface area contributed by atoms with Crippen LogP contribution in [-0.2, 0) is 9.53 Å². The van der Waals surface area contributed by atoms with Crippen molar-refractivity contribution in [3.63, 3.8) is 0 Å². The van der Waals surface area contributed by atoms with E-state index in [0.717, 1.165) is 36.0 Å². The lowest BCUT2D eigenvalue weighted by Crippen LogP contribution is -2.36. The van der Waals surface area contributed by atoms with Gasteiger partial charge in [-0.05, 0) is 49.7 Å². The number of hydrogen-bond donors (Lipinski definition) is 2. The highest BCUT2D eigenvalue weighted by Crippen LogP contribution is 2.22. The molecule has 1 fully saturated rings. The van der Waals surface area contributed by atoms with Gasteiger partial charge >= 0.3 is 0 Å². The highest BCUT2D eigenvalue weighted by atomic mass is 16.5. The van der Waals surface area contributed by atoms with Gasteiger partial charge in [0.1, 0.15) is 23.2 Å². The zero-order valence-corrected chi connectivity index (χ0v) is 18.3. The maximum atomic E-state index is 12.2. The lowest BCUT2D eigenvalue weighted by molar-refractivity contribution is -0.118. The fourth-order valence-corrected chi connectivity index (χ4v) is 3.41. The maximum absolute atomic E-state index is 12.2. The van der Waals surface area contributed by atoms with E-state index in [1.807, 2.05) is 68.4 Å². The number of nitrogens with zero attached hydrogens (tertiary/aromatic N) is 3. The Morgan fingerprint density at radius 2 is 1.75 bits per heavy atom. The molecule has 4 rings (SSSR count). The number of morpholine rings is 1. The molecule has 8 nitrogen and oxygen atoms in total. The lowest BCUT2D eigenvalue weighted by atomic mass is 10.2. The monoisotopic (exact) mass is 433 g/mol. The Labute approximate surface area is 187 Å². The van der Waals surface area contributed by atoms with Crippen LogP contribution in [0, 0.1) is 13.8 Å². The van der Waals surface area contributed by atoms with Crippen molar-refractivity contribution >= 4 is 28.9 Å². The molecule has 1 amide bonds. The summed E-state index contributed by atoms with van der Waals surface area (Å²) in [7, 11) is 0. The molecule has 0 saturated carbocycles. The van der Waals surface area contributed by atoms with Crippen LogP contribution in [0.2, 0.25) is 0 Å². The third-order valence-electron chi connectivity index (χ3n) is 5.05. The number of carbonyl (C=O) groups is 1. The van der Waals surface area contributed by atoms with Crippen LogP contribution >= 0.6 is 0 Å². The van der Waals surface area contributed by atoms with Crippen molar-refractivity contribution < 1.29 is 14.3 Å². The van der Waals surface area contributed by atoms with Crippen molar-refractivity contribution in [3.8, 4) is 5.75 Å². The summed E-state index contributed by atoms with van der Waals surface area (Å²) in [6.07, 6.45) is 0. The van der Waals surface area contributed by atoms with E-state index in [4.69, 9.17) is 9.47 Å². The minimum absolute atomic E-state index is 0.0462. The first-order valence-corrected chi connectivity index (χ1v) is 10.6. The molecule has 3 aromatic rings. The van der Waals surface area contributed by atoms with Crippen LogP contribution < -0.4 is 20.3 Å². The van der Waals surface area contributed by atoms with Gasteiger partial charge in [0.25, 0.3) is 5.91 Å². The molecule has 1 saturated heterocycles. The van der Waals surface area contributed by atoms with Crippen molar-refractivity contribution in [2.24, 2.45) is 0 Å². The van der Waals surface area contributed by atoms with E-state index in [-0.39, 0.29) is 12.5 Å². The number of ether oxygens (including phenoxy) is 2. The summed E-state index contributed by atoms with van der Waals surface area (Å²) in [5.41, 5.74) is 2.56. The minimum Gasteiger partial charge on any atom is -0.483 e. The zero-order chi connectivity index (χ0) is 22.3. The van der Waals surface area contributed by atoms with E-state index in [1.165, 1.54) is 0 Å². The third-order valence-corrected chi connectivity index (χ3v) is 5.05. The summed E-state index contributed by atoms with van der Waals surface area (Å²) in [4.78, 5) is 23.5. The molecule has 8 heteroatoms. The first kappa shape index (κ1) is 21.6. The second-order valence-electron chi connectivity index (χ2n) is 7.56. The number of aryl methyl sites for hydroxylation is 2. The number of anilines is 4. The third kappa shape index (κ3) is 5.73. The topological polar surface area (TPSA) is 88.6 Å². The van der Waals surface area contributed by atoms with Gasteiger partial charge in [-0.15, -0.1) is 0 Å². The Bertz CT molecular complexity index is 1070. The molecule has 1 aliphatic rings. The number of nitrogens with one attached hydrogen (secondary N) is 2. The van der Waals surface area contributed by atoms with E-state index in [0.29, 0.717) is 30.5 Å². The van der Waals surface area contributed by atoms with Crippen LogP contribution in [0.25, 0.3) is 0 Å². The molecule has 0 spiro atoms. The molecule has 2 heterocycles. The molecule has 2 N–H and O–H groups in total. The number of amides is 1. The van der Waals surface area contributed by atoms with Crippen molar-refractivity contribution in [2.45, 2.75) is 13.8 Å². The lowest BCUT2D eigenvalue weighted by Gasteiger charge is -2.28. The number of aromatic nitrogens is 2. The van der Waals surface area contributed by atoms with Gasteiger partial charge in [-0.3, -0.25) is 4.79 Å². The predicted molar refractivity (Wildman–Crippen MR) is 125 cm³/mol. The fraction of sp³-hybridized carbons (Fsp3) is 0.292. The molecule has 2 aromatic carbocycles. The molecule has 0 bridgehead atoms. The van der Waals surface area contributed by atoms with E-state index < -0.39 is 0 Å². The average Bonchev–Trinajstić information content (AvgIpc) is 2.80. The largest absolute Gasteiger partial charge is 0.483 e. The van der Waals surface area contributed by atoms with Gasteiger partial charge in [-0.1, -0.05) is 18.2 Å². The Morgan fingerprint density at radius 1 is 1.03 bits per heavy atom. The second-order valence-corrected chi connectivity index (χ2v) is 7.56. The predicted octanol–water partition coefficient (Wildman–Crippen LogP) is 3.69. The van der Waals surface area contributed by atoms with Gasteiger partial charge in [-0.25, -0.2) is 9.97 Å². The van der Waals surface area contributed by atoms with Gasteiger partial charge in [0.05, 0.1) is 13.2 Å². The molecule has 1 aliphatic heterocycles. The van der Waals surface area contributed by atoms with Crippen molar-refractivity contribution in [3.05, 3.63) is 66.0 Å². The van der Waals surface area contributed by atoms with Gasteiger partial charge < -0.3 is 25.0 Å². The summed E-state index contributed by atoms with van der Waals surface area (Å²) in [6, 6.07) is 17.0. The highest BCUT2D eigenvalue weighted by Gasteiger charge is 2.14. The first-order chi connectivity index (χ1) is 15.6. The number of hydrogen-bond acceptors (Lipinski definition) is 7. The minimum atomic E-state index is -0.212. The maximum Gasteiger partial charge on any atom is 0.262 e. The molecule has 32 heavy (non-hydrogen) atoms. The molecular weight excluding hydrogens is 406 g/mol. The Balaban J connectivity index is 1.34. The standard InChI is InChI=1S/C24H27N5O3/c1-17-5-3-4-6-21(17)32-16-24(30)28-20-9-7-19(8-10-20)27-22-15-23(26-18(2)25-22)29-11-13-31-14-12-29/h3-10,15H,11-14,16H2,1-2H3,(H,28,30)(H,25,26,27). The quantitative estimate of drug-likeness (QED) is 0.587. The first-order valence-electron chi connectivity index (χ1n) is 10.6. The van der Waals surface area contributed by atoms with Gasteiger partial charge in [0, 0.05) is 30.5 Å². The van der Waals surface area contributed by atoms with Crippen LogP contribution in [0.1, 0.15) is 11.4 Å². The van der Waals surface area contributed by atoms with E-state index in [9.17, 15) is 4.79 Å². The van der Waals surface area contributed by atoms with Crippen LogP contribution in [0.4, 0.5) is 23.0 Å². The molecule has 0 unspecified atom stereocenters. The molecular formula is C24H27N5O3. The summed E-state index contributed by atoms with van der Waals surface area (Å²) < 4.78 is 11.0. The number of para-hydroxylation sites is 1. The van der Waals surface area contributed by atoms with Crippen molar-refractivity contribution in [1.82, 2.24) is 9.97 Å². The Kier molecular flexibility index (Phi) is 6.81. The molecule has 1 aromatic heterocycles.